The highest BCUT2D eigenvalue weighted by atomic mass is 35.5. The molecule has 1 amide bonds. The number of carbonyl (C=O) groups is 1. The minimum absolute atomic E-state index is 0.00806. The molecule has 1 aromatic carbocycles. The number of nitrogens with zero attached hydrogens (tertiary/aromatic N) is 4. The summed E-state index contributed by atoms with van der Waals surface area (Å²) in [6.45, 7) is 3.77. The predicted octanol–water partition coefficient (Wildman–Crippen LogP) is 4.19. The van der Waals surface area contributed by atoms with Crippen LogP contribution in [-0.4, -0.2) is 26.9 Å². The van der Waals surface area contributed by atoms with Gasteiger partial charge < -0.3 is 5.73 Å². The minimum Gasteiger partial charge on any atom is -0.396 e. The van der Waals surface area contributed by atoms with E-state index in [2.05, 4.69) is 20.6 Å². The third kappa shape index (κ3) is 3.82. The van der Waals surface area contributed by atoms with Crippen LogP contribution in [-0.2, 0) is 0 Å². The van der Waals surface area contributed by atoms with Crippen LogP contribution in [0, 0.1) is 13.8 Å². The molecule has 2 heterocycles. The number of aryl methyl sites for hydroxylation is 1. The van der Waals surface area contributed by atoms with Crippen LogP contribution >= 0.6 is 34.8 Å². The highest BCUT2D eigenvalue weighted by molar-refractivity contribution is 6.46. The first-order valence-electron chi connectivity index (χ1n) is 8.06. The number of amides is 1. The molecule has 10 heteroatoms. The van der Waals surface area contributed by atoms with E-state index in [1.54, 1.807) is 4.68 Å². The molecule has 0 unspecified atom stereocenters. The Morgan fingerprint density at radius 3 is 2.54 bits per heavy atom. The van der Waals surface area contributed by atoms with Gasteiger partial charge in [-0.25, -0.2) is 15.1 Å². The van der Waals surface area contributed by atoms with Crippen molar-refractivity contribution in [3.63, 3.8) is 0 Å². The smallest absolute Gasteiger partial charge is 0.291 e. The van der Waals surface area contributed by atoms with E-state index in [0.29, 0.717) is 0 Å². The summed E-state index contributed by atoms with van der Waals surface area (Å²) in [5, 5.41) is 8.27. The zero-order valence-corrected chi connectivity index (χ0v) is 17.1. The van der Waals surface area contributed by atoms with Gasteiger partial charge in [0.1, 0.15) is 5.02 Å². The molecule has 0 aliphatic rings. The number of hydrogen-bond donors (Lipinski definition) is 2. The summed E-state index contributed by atoms with van der Waals surface area (Å²) >= 11 is 17.7. The maximum Gasteiger partial charge on any atom is 0.291 e. The van der Waals surface area contributed by atoms with Gasteiger partial charge in [0.2, 0.25) is 0 Å². The average molecular weight is 438 g/mol. The van der Waals surface area contributed by atoms with Crippen molar-refractivity contribution in [3.8, 4) is 5.69 Å². The van der Waals surface area contributed by atoms with Crippen LogP contribution in [0.15, 0.2) is 35.4 Å². The molecule has 0 aliphatic carbocycles. The van der Waals surface area contributed by atoms with Crippen molar-refractivity contribution in [3.05, 3.63) is 68.2 Å². The molecule has 0 saturated carbocycles. The lowest BCUT2D eigenvalue weighted by Gasteiger charge is -2.07. The highest BCUT2D eigenvalue weighted by Gasteiger charge is 2.19. The van der Waals surface area contributed by atoms with Gasteiger partial charge in [0.05, 0.1) is 34.0 Å². The van der Waals surface area contributed by atoms with Crippen LogP contribution in [0.3, 0.4) is 0 Å². The molecule has 0 aliphatic heterocycles. The van der Waals surface area contributed by atoms with E-state index in [1.807, 2.05) is 44.2 Å². The van der Waals surface area contributed by atoms with Gasteiger partial charge in [0.15, 0.2) is 10.8 Å². The van der Waals surface area contributed by atoms with Crippen LogP contribution in [0.25, 0.3) is 5.69 Å². The standard InChI is InChI=1S/C18H15Cl3N6O/c1-9-12(10(2)27(26-9)11-6-4-3-5-7-11)8-23-25-18(28)16-13(19)15(22)14(20)17(21)24-16/h3-8H,1-2H3,(H2,22,24)(H,25,28)/b23-8+. The second kappa shape index (κ2) is 8.18. The number of aromatic nitrogens is 3. The molecule has 0 atom stereocenters. The first kappa shape index (κ1) is 20.1. The van der Waals surface area contributed by atoms with Crippen molar-refractivity contribution in [2.24, 2.45) is 5.10 Å². The number of nitrogens with one attached hydrogen (secondary N) is 1. The van der Waals surface area contributed by atoms with Gasteiger partial charge in [0.25, 0.3) is 5.91 Å². The number of anilines is 1. The van der Waals surface area contributed by atoms with E-state index in [1.165, 1.54) is 6.21 Å². The molecule has 0 bridgehead atoms. The molecule has 3 N–H and O–H groups in total. The van der Waals surface area contributed by atoms with Crippen LogP contribution in [0.5, 0.6) is 0 Å². The molecule has 144 valence electrons. The molecule has 3 rings (SSSR count). The third-order valence-electron chi connectivity index (χ3n) is 3.99. The number of rotatable bonds is 4. The fraction of sp³-hybridized carbons (Fsp3) is 0.111. The Kier molecular flexibility index (Phi) is 5.88. The summed E-state index contributed by atoms with van der Waals surface area (Å²) in [6, 6.07) is 9.69. The van der Waals surface area contributed by atoms with Crippen molar-refractivity contribution in [1.82, 2.24) is 20.2 Å². The molecule has 3 aromatic rings. The largest absolute Gasteiger partial charge is 0.396 e. The third-order valence-corrected chi connectivity index (χ3v) is 5.13. The normalized spacial score (nSPS) is 11.2. The van der Waals surface area contributed by atoms with Gasteiger partial charge >= 0.3 is 0 Å². The van der Waals surface area contributed by atoms with Crippen LogP contribution in [0.1, 0.15) is 27.4 Å². The fourth-order valence-electron chi connectivity index (χ4n) is 2.55. The minimum atomic E-state index is -0.669. The molecule has 0 saturated heterocycles. The number of benzene rings is 1. The molecule has 0 spiro atoms. The lowest BCUT2D eigenvalue weighted by Crippen LogP contribution is -2.20. The number of hydrogen-bond acceptors (Lipinski definition) is 5. The number of para-hydroxylation sites is 1. The number of carbonyl (C=O) groups excluding carboxylic acids is 1. The van der Waals surface area contributed by atoms with Gasteiger partial charge in [-0.05, 0) is 26.0 Å². The van der Waals surface area contributed by atoms with Crippen molar-refractivity contribution >= 4 is 52.6 Å². The average Bonchev–Trinajstić information content (AvgIpc) is 2.98. The first-order chi connectivity index (χ1) is 13.3. The Hall–Kier alpha value is -2.61. The number of nitrogens with two attached hydrogens (primary N) is 1. The molecule has 0 radical (unpaired) electrons. The first-order valence-corrected chi connectivity index (χ1v) is 9.19. The number of nitrogen functional groups attached to an aromatic ring is 1. The molecule has 28 heavy (non-hydrogen) atoms. The van der Waals surface area contributed by atoms with E-state index >= 15 is 0 Å². The van der Waals surface area contributed by atoms with Gasteiger partial charge in [-0.3, -0.25) is 4.79 Å². The number of halogens is 3. The summed E-state index contributed by atoms with van der Waals surface area (Å²) in [7, 11) is 0. The molecular weight excluding hydrogens is 423 g/mol. The molecule has 0 fully saturated rings. The Morgan fingerprint density at radius 2 is 1.86 bits per heavy atom. The predicted molar refractivity (Wildman–Crippen MR) is 112 cm³/mol. The molecular formula is C18H15Cl3N6O. The van der Waals surface area contributed by atoms with Gasteiger partial charge in [-0.1, -0.05) is 53.0 Å². The zero-order valence-electron chi connectivity index (χ0n) is 14.9. The van der Waals surface area contributed by atoms with Crippen molar-refractivity contribution in [2.45, 2.75) is 13.8 Å². The van der Waals surface area contributed by atoms with E-state index in [-0.39, 0.29) is 26.6 Å². The maximum atomic E-state index is 12.3. The van der Waals surface area contributed by atoms with Crippen molar-refractivity contribution in [1.29, 1.82) is 0 Å². The Morgan fingerprint density at radius 1 is 1.18 bits per heavy atom. The molecule has 7 nitrogen and oxygen atoms in total. The lowest BCUT2D eigenvalue weighted by atomic mass is 10.2. The topological polar surface area (TPSA) is 98.2 Å². The second-order valence-corrected chi connectivity index (χ2v) is 6.94. The van der Waals surface area contributed by atoms with Crippen LogP contribution < -0.4 is 11.2 Å². The van der Waals surface area contributed by atoms with Gasteiger partial charge in [-0.15, -0.1) is 0 Å². The monoisotopic (exact) mass is 436 g/mol. The summed E-state index contributed by atoms with van der Waals surface area (Å²) in [5.74, 6) is -0.669. The van der Waals surface area contributed by atoms with Crippen LogP contribution in [0.4, 0.5) is 5.69 Å². The Bertz CT molecular complexity index is 1080. The van der Waals surface area contributed by atoms with Crippen molar-refractivity contribution in [2.75, 3.05) is 5.73 Å². The summed E-state index contributed by atoms with van der Waals surface area (Å²) in [6.07, 6.45) is 1.50. The van der Waals surface area contributed by atoms with E-state index in [4.69, 9.17) is 40.5 Å². The van der Waals surface area contributed by atoms with Crippen molar-refractivity contribution < 1.29 is 4.79 Å². The quantitative estimate of drug-likeness (QED) is 0.363. The van der Waals surface area contributed by atoms with Gasteiger partial charge in [-0.2, -0.15) is 10.2 Å². The zero-order chi connectivity index (χ0) is 20.4. The summed E-state index contributed by atoms with van der Waals surface area (Å²) < 4.78 is 1.80. The summed E-state index contributed by atoms with van der Waals surface area (Å²) in [4.78, 5) is 16.2. The summed E-state index contributed by atoms with van der Waals surface area (Å²) in [5.41, 5.74) is 11.2. The highest BCUT2D eigenvalue weighted by Crippen LogP contribution is 2.34. The Balaban J connectivity index is 1.83. The van der Waals surface area contributed by atoms with E-state index < -0.39 is 5.91 Å². The van der Waals surface area contributed by atoms with Crippen LogP contribution in [0.2, 0.25) is 15.2 Å². The lowest BCUT2D eigenvalue weighted by molar-refractivity contribution is 0.0950. The molecule has 2 aromatic heterocycles. The Labute approximate surface area is 176 Å². The SMILES string of the molecule is Cc1nn(-c2ccccc2)c(C)c1/C=N/NC(=O)c1nc(Cl)c(Cl)c(N)c1Cl. The van der Waals surface area contributed by atoms with E-state index in [0.717, 1.165) is 22.6 Å². The fourth-order valence-corrected chi connectivity index (χ4v) is 3.15. The maximum absolute atomic E-state index is 12.3. The van der Waals surface area contributed by atoms with Gasteiger partial charge in [0, 0.05) is 5.56 Å². The number of hydrazone groups is 1. The second-order valence-electron chi connectivity index (χ2n) is 5.82. The van der Waals surface area contributed by atoms with E-state index in [9.17, 15) is 4.79 Å². The number of pyridine rings is 1.